The Bertz CT molecular complexity index is 1340. The molecule has 218 valence electrons. The predicted octanol–water partition coefficient (Wildman–Crippen LogP) is 4.31. The number of aliphatic imine (C=N–C) groups is 1. The van der Waals surface area contributed by atoms with Crippen LogP contribution < -0.4 is 20.9 Å². The molecule has 0 saturated heterocycles. The third-order valence-electron chi connectivity index (χ3n) is 5.74. The summed E-state index contributed by atoms with van der Waals surface area (Å²) in [4.78, 5) is 32.5. The molecule has 2 aromatic carbocycles. The summed E-state index contributed by atoms with van der Waals surface area (Å²) >= 11 is 4.08. The Hall–Kier alpha value is -3.42. The molecule has 1 aromatic heterocycles. The first-order valence-corrected chi connectivity index (χ1v) is 15.7. The lowest BCUT2D eigenvalue weighted by Gasteiger charge is -2.12. The number of aromatic nitrogens is 2. The van der Waals surface area contributed by atoms with Crippen LogP contribution in [0.5, 0.6) is 0 Å². The number of nitrogens with two attached hydrogens (primary N) is 1. The van der Waals surface area contributed by atoms with Gasteiger partial charge in [-0.05, 0) is 58.7 Å². The molecule has 10 nitrogen and oxygen atoms in total. The largest absolute Gasteiger partial charge is 0.378 e. The van der Waals surface area contributed by atoms with Gasteiger partial charge < -0.3 is 20.9 Å². The van der Waals surface area contributed by atoms with Crippen LogP contribution in [0, 0.1) is 5.41 Å². The van der Waals surface area contributed by atoms with Crippen LogP contribution in [0.1, 0.15) is 22.6 Å². The zero-order chi connectivity index (χ0) is 29.8. The lowest BCUT2D eigenvalue weighted by molar-refractivity contribution is -0.117. The van der Waals surface area contributed by atoms with E-state index < -0.39 is 0 Å². The molecule has 13 heteroatoms. The van der Waals surface area contributed by atoms with E-state index in [2.05, 4.69) is 20.5 Å². The number of carbonyl (C=O) groups excluding carboxylic acids is 2. The minimum Gasteiger partial charge on any atom is -0.378 e. The van der Waals surface area contributed by atoms with Crippen molar-refractivity contribution in [3.63, 3.8) is 0 Å². The number of amides is 2. The van der Waals surface area contributed by atoms with E-state index >= 15 is 0 Å². The van der Waals surface area contributed by atoms with Gasteiger partial charge in [0, 0.05) is 52.4 Å². The Morgan fingerprint density at radius 1 is 0.927 bits per heavy atom. The fraction of sp³-hybridized carbons (Fsp3) is 0.357. The maximum Gasteiger partial charge on any atom is 0.252 e. The van der Waals surface area contributed by atoms with E-state index in [4.69, 9.17) is 11.1 Å². The molecule has 0 fully saturated rings. The van der Waals surface area contributed by atoms with Crippen LogP contribution in [0.15, 0.2) is 53.5 Å². The summed E-state index contributed by atoms with van der Waals surface area (Å²) in [7, 11) is 7.87. The molecule has 4 N–H and O–H groups in total. The first-order valence-electron chi connectivity index (χ1n) is 12.9. The van der Waals surface area contributed by atoms with Crippen LogP contribution >= 0.6 is 34.9 Å². The lowest BCUT2D eigenvalue weighted by atomic mass is 10.1. The topological polar surface area (TPSA) is 141 Å². The van der Waals surface area contributed by atoms with Crippen molar-refractivity contribution in [3.05, 3.63) is 64.7 Å². The van der Waals surface area contributed by atoms with Crippen LogP contribution in [0.3, 0.4) is 0 Å². The monoisotopic (exact) mass is 612 g/mol. The van der Waals surface area contributed by atoms with Gasteiger partial charge in [-0.25, -0.2) is 0 Å². The van der Waals surface area contributed by atoms with Crippen LogP contribution in [0.2, 0.25) is 0 Å². The van der Waals surface area contributed by atoms with Crippen molar-refractivity contribution in [2.24, 2.45) is 10.7 Å². The summed E-state index contributed by atoms with van der Waals surface area (Å²) in [5.41, 5.74) is 9.83. The molecule has 2 amide bonds. The van der Waals surface area contributed by atoms with Gasteiger partial charge in [0.25, 0.3) is 5.91 Å². The second-order valence-electron chi connectivity index (χ2n) is 9.51. The summed E-state index contributed by atoms with van der Waals surface area (Å²) in [5.74, 6) is 1.09. The molecule has 0 saturated carbocycles. The van der Waals surface area contributed by atoms with E-state index in [1.54, 1.807) is 11.8 Å². The quantitative estimate of drug-likeness (QED) is 0.146. The maximum absolute atomic E-state index is 12.4. The van der Waals surface area contributed by atoms with Crippen LogP contribution in [0.25, 0.3) is 0 Å². The fourth-order valence-corrected chi connectivity index (χ4v) is 6.05. The summed E-state index contributed by atoms with van der Waals surface area (Å²) in [6.07, 6.45) is 1.69. The number of thioether (sulfide) groups is 2. The SMILES string of the molecule is CN(C)c1ccc(CC(=O)N=C(N)SC(=N)CCSCCc2nnc(NC(=O)Cc3ccc(N(C)C)cc3)s2)cc1. The van der Waals surface area contributed by atoms with Gasteiger partial charge in [-0.3, -0.25) is 15.0 Å². The molecule has 1 heterocycles. The van der Waals surface area contributed by atoms with Gasteiger partial charge in [0.1, 0.15) is 5.01 Å². The van der Waals surface area contributed by atoms with E-state index in [1.165, 1.54) is 11.3 Å². The van der Waals surface area contributed by atoms with Crippen molar-refractivity contribution in [1.29, 1.82) is 5.41 Å². The minimum atomic E-state index is -0.332. The Kier molecular flexibility index (Phi) is 12.6. The molecule has 0 aliphatic heterocycles. The maximum atomic E-state index is 12.4. The average molecular weight is 613 g/mol. The fourth-order valence-electron chi connectivity index (χ4n) is 3.54. The summed E-state index contributed by atoms with van der Waals surface area (Å²) in [6, 6.07) is 15.6. The molecule has 41 heavy (non-hydrogen) atoms. The Balaban J connectivity index is 1.30. The molecule has 3 aromatic rings. The van der Waals surface area contributed by atoms with Crippen LogP contribution in [-0.4, -0.2) is 71.9 Å². The van der Waals surface area contributed by atoms with E-state index in [0.717, 1.165) is 57.2 Å². The number of anilines is 3. The van der Waals surface area contributed by atoms with Gasteiger partial charge in [0.2, 0.25) is 11.0 Å². The van der Waals surface area contributed by atoms with Gasteiger partial charge in [-0.15, -0.1) is 10.2 Å². The number of nitrogens with one attached hydrogen (secondary N) is 2. The number of aryl methyl sites for hydroxylation is 1. The van der Waals surface area contributed by atoms with Crippen molar-refractivity contribution in [3.8, 4) is 0 Å². The molecule has 0 spiro atoms. The van der Waals surface area contributed by atoms with E-state index in [1.807, 2.05) is 86.5 Å². The normalized spacial score (nSPS) is 11.3. The molecule has 0 aliphatic rings. The third kappa shape index (κ3) is 11.5. The van der Waals surface area contributed by atoms with Gasteiger partial charge in [-0.2, -0.15) is 16.8 Å². The molecule has 0 radical (unpaired) electrons. The zero-order valence-electron chi connectivity index (χ0n) is 23.7. The molecular weight excluding hydrogens is 577 g/mol. The number of carbonyl (C=O) groups is 2. The summed E-state index contributed by atoms with van der Waals surface area (Å²) in [6.45, 7) is 0. The number of benzene rings is 2. The highest BCUT2D eigenvalue weighted by molar-refractivity contribution is 8.26. The van der Waals surface area contributed by atoms with E-state index in [9.17, 15) is 9.59 Å². The lowest BCUT2D eigenvalue weighted by Crippen LogP contribution is -2.14. The van der Waals surface area contributed by atoms with Gasteiger partial charge >= 0.3 is 0 Å². The Labute approximate surface area is 253 Å². The smallest absolute Gasteiger partial charge is 0.252 e. The van der Waals surface area contributed by atoms with Crippen molar-refractivity contribution < 1.29 is 9.59 Å². The van der Waals surface area contributed by atoms with Gasteiger partial charge in [0.15, 0.2) is 5.17 Å². The van der Waals surface area contributed by atoms with Crippen molar-refractivity contribution in [1.82, 2.24) is 10.2 Å². The zero-order valence-corrected chi connectivity index (χ0v) is 26.2. The highest BCUT2D eigenvalue weighted by Gasteiger charge is 2.11. The first-order chi connectivity index (χ1) is 19.6. The average Bonchev–Trinajstić information content (AvgIpc) is 3.35. The Morgan fingerprint density at radius 3 is 2.10 bits per heavy atom. The van der Waals surface area contributed by atoms with Crippen molar-refractivity contribution in [2.45, 2.75) is 25.7 Å². The second-order valence-corrected chi connectivity index (χ2v) is 12.9. The molecule has 3 rings (SSSR count). The molecule has 0 atom stereocenters. The molecule has 0 aliphatic carbocycles. The standard InChI is InChI=1S/C28H36N8O2S3/c1-35(2)21-9-5-19(6-10-21)17-24(37)31-27(30)40-23(29)13-15-39-16-14-26-33-34-28(41-26)32-25(38)18-20-7-11-22(12-8-20)36(3)4/h5-12,29H,13-18H2,1-4H3,(H2,30,31,37)(H,32,34,38). The van der Waals surface area contributed by atoms with Gasteiger partial charge in [0.05, 0.1) is 17.9 Å². The Morgan fingerprint density at radius 2 is 1.51 bits per heavy atom. The van der Waals surface area contributed by atoms with E-state index in [-0.39, 0.29) is 29.8 Å². The third-order valence-corrected chi connectivity index (χ3v) is 8.37. The number of hydrogen-bond acceptors (Lipinski definition) is 10. The van der Waals surface area contributed by atoms with E-state index in [0.29, 0.717) is 16.6 Å². The first kappa shape index (κ1) is 32.1. The van der Waals surface area contributed by atoms with Gasteiger partial charge in [-0.1, -0.05) is 35.6 Å². The molecule has 0 unspecified atom stereocenters. The van der Waals surface area contributed by atoms with Crippen LogP contribution in [-0.2, 0) is 28.9 Å². The molecule has 0 bridgehead atoms. The number of hydrogen-bond donors (Lipinski definition) is 3. The number of amidine groups is 1. The second kappa shape index (κ2) is 16.1. The van der Waals surface area contributed by atoms with Crippen molar-refractivity contribution >= 4 is 73.4 Å². The number of rotatable bonds is 13. The highest BCUT2D eigenvalue weighted by atomic mass is 32.2. The summed E-state index contributed by atoms with van der Waals surface area (Å²) < 4.78 is 0. The number of nitrogens with zero attached hydrogens (tertiary/aromatic N) is 5. The van der Waals surface area contributed by atoms with Crippen LogP contribution in [0.4, 0.5) is 16.5 Å². The summed E-state index contributed by atoms with van der Waals surface area (Å²) in [5, 5.41) is 21.0. The molecular formula is C28H36N8O2S3. The highest BCUT2D eigenvalue weighted by Crippen LogP contribution is 2.19. The minimum absolute atomic E-state index is 0.0870. The predicted molar refractivity (Wildman–Crippen MR) is 175 cm³/mol. The van der Waals surface area contributed by atoms with Crippen molar-refractivity contribution in [2.75, 3.05) is 54.8 Å².